The lowest BCUT2D eigenvalue weighted by Gasteiger charge is -2.16. The van der Waals surface area contributed by atoms with Crippen molar-refractivity contribution in [2.75, 3.05) is 0 Å². The molecular weight excluding hydrogens is 232 g/mol. The molecule has 0 spiro atoms. The van der Waals surface area contributed by atoms with Crippen molar-refractivity contribution >= 4 is 17.6 Å². The van der Waals surface area contributed by atoms with E-state index in [1.807, 2.05) is 0 Å². The van der Waals surface area contributed by atoms with Gasteiger partial charge in [-0.05, 0) is 32.0 Å². The highest BCUT2D eigenvalue weighted by Crippen LogP contribution is 2.28. The van der Waals surface area contributed by atoms with Crippen LogP contribution < -0.4 is 4.74 Å². The molecule has 1 aromatic carbocycles. The molecule has 0 amide bonds. The second-order valence-electron chi connectivity index (χ2n) is 3.46. The number of carboxylic acid groups (broad SMARTS) is 1. The number of rotatable bonds is 4. The number of carboxylic acids is 1. The Morgan fingerprint density at radius 1 is 1.44 bits per heavy atom. The molecule has 0 aromatic heterocycles. The molecule has 1 rings (SSSR count). The van der Waals surface area contributed by atoms with Crippen LogP contribution in [-0.2, 0) is 4.79 Å². The van der Waals surface area contributed by atoms with Gasteiger partial charge in [-0.25, -0.2) is 4.79 Å². The third kappa shape index (κ3) is 3.12. The number of halogens is 1. The maximum absolute atomic E-state index is 10.6. The van der Waals surface area contributed by atoms with E-state index in [-0.39, 0.29) is 0 Å². The molecule has 4 nitrogen and oxygen atoms in total. The Kier molecular flexibility index (Phi) is 4.15. The number of hydrogen-bond acceptors (Lipinski definition) is 3. The molecule has 1 aromatic rings. The summed E-state index contributed by atoms with van der Waals surface area (Å²) in [5.74, 6) is -0.735. The first-order valence-electron chi connectivity index (χ1n) is 4.78. The highest BCUT2D eigenvalue weighted by Gasteiger charge is 2.16. The van der Waals surface area contributed by atoms with Gasteiger partial charge in [0.15, 0.2) is 6.10 Å². The summed E-state index contributed by atoms with van der Waals surface area (Å²) in [6.45, 7) is 2.98. The second-order valence-corrected chi connectivity index (χ2v) is 3.89. The summed E-state index contributed by atoms with van der Waals surface area (Å²) in [6.07, 6.45) is -1.74. The van der Waals surface area contributed by atoms with E-state index in [0.717, 1.165) is 0 Å². The Bertz CT molecular complexity index is 390. The topological polar surface area (TPSA) is 66.8 Å². The van der Waals surface area contributed by atoms with E-state index < -0.39 is 18.2 Å². The van der Waals surface area contributed by atoms with Crippen molar-refractivity contribution in [2.24, 2.45) is 0 Å². The highest BCUT2D eigenvalue weighted by molar-refractivity contribution is 6.30. The van der Waals surface area contributed by atoms with Crippen LogP contribution in [0.2, 0.25) is 5.02 Å². The fourth-order valence-corrected chi connectivity index (χ4v) is 1.37. The van der Waals surface area contributed by atoms with Gasteiger partial charge >= 0.3 is 5.97 Å². The van der Waals surface area contributed by atoms with Crippen LogP contribution in [0.25, 0.3) is 0 Å². The maximum Gasteiger partial charge on any atom is 0.344 e. The van der Waals surface area contributed by atoms with Gasteiger partial charge < -0.3 is 14.9 Å². The lowest BCUT2D eigenvalue weighted by atomic mass is 10.1. The molecule has 0 aliphatic heterocycles. The van der Waals surface area contributed by atoms with Crippen LogP contribution in [0.5, 0.6) is 5.75 Å². The summed E-state index contributed by atoms with van der Waals surface area (Å²) in [7, 11) is 0. The quantitative estimate of drug-likeness (QED) is 0.853. The van der Waals surface area contributed by atoms with Crippen molar-refractivity contribution in [1.29, 1.82) is 0 Å². The van der Waals surface area contributed by atoms with Gasteiger partial charge in [0.25, 0.3) is 0 Å². The number of aliphatic hydroxyl groups excluding tert-OH is 1. The van der Waals surface area contributed by atoms with E-state index in [0.29, 0.717) is 16.3 Å². The van der Waals surface area contributed by atoms with E-state index in [1.165, 1.54) is 6.92 Å². The van der Waals surface area contributed by atoms with Gasteiger partial charge in [-0.1, -0.05) is 11.6 Å². The number of benzene rings is 1. The molecule has 0 radical (unpaired) electrons. The van der Waals surface area contributed by atoms with Crippen LogP contribution in [0.15, 0.2) is 18.2 Å². The molecule has 2 atom stereocenters. The summed E-state index contributed by atoms with van der Waals surface area (Å²) in [4.78, 5) is 10.6. The molecule has 0 saturated carbocycles. The summed E-state index contributed by atoms with van der Waals surface area (Å²) < 4.78 is 5.21. The third-order valence-corrected chi connectivity index (χ3v) is 2.31. The van der Waals surface area contributed by atoms with Crippen LogP contribution in [0.3, 0.4) is 0 Å². The SMILES string of the molecule is CC(Oc1ccc(Cl)cc1C(C)O)C(=O)O. The smallest absolute Gasteiger partial charge is 0.344 e. The first kappa shape index (κ1) is 12.8. The third-order valence-electron chi connectivity index (χ3n) is 2.07. The molecule has 0 aliphatic carbocycles. The predicted octanol–water partition coefficient (Wildman–Crippen LogP) is 2.25. The van der Waals surface area contributed by atoms with Gasteiger partial charge in [-0.2, -0.15) is 0 Å². The lowest BCUT2D eigenvalue weighted by molar-refractivity contribution is -0.144. The Balaban J connectivity index is 2.99. The number of ether oxygens (including phenoxy) is 1. The average molecular weight is 245 g/mol. The number of aliphatic carboxylic acids is 1. The van der Waals surface area contributed by atoms with Gasteiger partial charge in [-0.15, -0.1) is 0 Å². The first-order valence-corrected chi connectivity index (χ1v) is 5.16. The zero-order valence-corrected chi connectivity index (χ0v) is 9.73. The Morgan fingerprint density at radius 2 is 2.06 bits per heavy atom. The van der Waals surface area contributed by atoms with Gasteiger partial charge in [0.1, 0.15) is 5.75 Å². The number of aliphatic hydroxyl groups is 1. The largest absolute Gasteiger partial charge is 0.479 e. The Hall–Kier alpha value is -1.26. The van der Waals surface area contributed by atoms with Crippen molar-refractivity contribution in [3.63, 3.8) is 0 Å². The predicted molar refractivity (Wildman–Crippen MR) is 59.8 cm³/mol. The summed E-state index contributed by atoms with van der Waals surface area (Å²) in [5.41, 5.74) is 0.473. The summed E-state index contributed by atoms with van der Waals surface area (Å²) >= 11 is 5.78. The average Bonchev–Trinajstić information content (AvgIpc) is 2.20. The van der Waals surface area contributed by atoms with E-state index in [1.54, 1.807) is 25.1 Å². The molecule has 0 heterocycles. The first-order chi connectivity index (χ1) is 7.41. The lowest BCUT2D eigenvalue weighted by Crippen LogP contribution is -2.23. The molecule has 2 N–H and O–H groups in total. The van der Waals surface area contributed by atoms with Crippen molar-refractivity contribution in [3.8, 4) is 5.75 Å². The van der Waals surface area contributed by atoms with Gasteiger partial charge in [0.2, 0.25) is 0 Å². The summed E-state index contributed by atoms with van der Waals surface area (Å²) in [5, 5.41) is 18.7. The molecule has 0 aliphatic rings. The number of hydrogen-bond donors (Lipinski definition) is 2. The standard InChI is InChI=1S/C11H13ClO4/c1-6(13)9-5-8(12)3-4-10(9)16-7(2)11(14)15/h3-7,13H,1-2H3,(H,14,15). The second kappa shape index (κ2) is 5.18. The minimum absolute atomic E-state index is 0.328. The van der Waals surface area contributed by atoms with E-state index in [2.05, 4.69) is 0 Å². The highest BCUT2D eigenvalue weighted by atomic mass is 35.5. The minimum Gasteiger partial charge on any atom is -0.479 e. The molecule has 0 saturated heterocycles. The minimum atomic E-state index is -1.06. The Labute approximate surface area is 98.4 Å². The van der Waals surface area contributed by atoms with Gasteiger partial charge in [0, 0.05) is 10.6 Å². The maximum atomic E-state index is 10.6. The van der Waals surface area contributed by atoms with Crippen LogP contribution in [-0.4, -0.2) is 22.3 Å². The summed E-state index contributed by atoms with van der Waals surface area (Å²) in [6, 6.07) is 4.68. The molecule has 5 heteroatoms. The monoisotopic (exact) mass is 244 g/mol. The Morgan fingerprint density at radius 3 is 2.56 bits per heavy atom. The molecular formula is C11H13ClO4. The van der Waals surface area contributed by atoms with Crippen molar-refractivity contribution < 1.29 is 19.7 Å². The molecule has 88 valence electrons. The van der Waals surface area contributed by atoms with E-state index in [4.69, 9.17) is 21.4 Å². The van der Waals surface area contributed by atoms with Crippen molar-refractivity contribution in [1.82, 2.24) is 0 Å². The zero-order valence-electron chi connectivity index (χ0n) is 8.98. The molecule has 2 unspecified atom stereocenters. The van der Waals surface area contributed by atoms with Gasteiger partial charge in [-0.3, -0.25) is 0 Å². The molecule has 16 heavy (non-hydrogen) atoms. The fraction of sp³-hybridized carbons (Fsp3) is 0.364. The van der Waals surface area contributed by atoms with E-state index in [9.17, 15) is 9.90 Å². The number of carbonyl (C=O) groups is 1. The molecule has 0 fully saturated rings. The van der Waals surface area contributed by atoms with Crippen molar-refractivity contribution in [2.45, 2.75) is 26.1 Å². The van der Waals surface area contributed by atoms with Crippen LogP contribution in [0.1, 0.15) is 25.5 Å². The van der Waals surface area contributed by atoms with Crippen LogP contribution in [0.4, 0.5) is 0 Å². The van der Waals surface area contributed by atoms with Gasteiger partial charge in [0.05, 0.1) is 6.10 Å². The fourth-order valence-electron chi connectivity index (χ4n) is 1.19. The van der Waals surface area contributed by atoms with Crippen LogP contribution in [0, 0.1) is 0 Å². The van der Waals surface area contributed by atoms with E-state index >= 15 is 0 Å². The van der Waals surface area contributed by atoms with Crippen LogP contribution >= 0.6 is 11.6 Å². The zero-order chi connectivity index (χ0) is 12.3. The normalized spacial score (nSPS) is 14.2. The van der Waals surface area contributed by atoms with Crippen molar-refractivity contribution in [3.05, 3.63) is 28.8 Å². The molecule has 0 bridgehead atoms.